The van der Waals surface area contributed by atoms with Crippen LogP contribution in [0.1, 0.15) is 87.4 Å². The maximum Gasteiger partial charge on any atom is 0.0752 e. The first kappa shape index (κ1) is 35.2. The summed E-state index contributed by atoms with van der Waals surface area (Å²) in [5.41, 5.74) is 6.72. The average molecular weight is 550 g/mol. The largest absolute Gasteiger partial charge is 0.377 e. The number of allylic oxidation sites excluding steroid dienone is 2. The Kier molecular flexibility index (Phi) is 19.2. The Morgan fingerprint density at radius 3 is 2.41 bits per heavy atom. The number of halogens is 2. The van der Waals surface area contributed by atoms with Crippen molar-refractivity contribution in [3.63, 3.8) is 0 Å². The van der Waals surface area contributed by atoms with Crippen LogP contribution in [0.3, 0.4) is 0 Å². The van der Waals surface area contributed by atoms with Gasteiger partial charge >= 0.3 is 0 Å². The number of fused-ring (bicyclic) bond motifs is 1. The van der Waals surface area contributed by atoms with Crippen molar-refractivity contribution in [2.45, 2.75) is 78.7 Å². The lowest BCUT2D eigenvalue weighted by Gasteiger charge is -2.20. The van der Waals surface area contributed by atoms with Crippen LogP contribution >= 0.6 is 23.2 Å². The van der Waals surface area contributed by atoms with Crippen molar-refractivity contribution in [2.24, 2.45) is 7.05 Å². The number of likely N-dealkylation sites (N-methyl/N-ethyl adjacent to an activating group) is 1. The van der Waals surface area contributed by atoms with Crippen molar-refractivity contribution < 1.29 is 4.74 Å². The van der Waals surface area contributed by atoms with Crippen LogP contribution in [0.15, 0.2) is 49.6 Å². The fourth-order valence-corrected chi connectivity index (χ4v) is 4.92. The van der Waals surface area contributed by atoms with Gasteiger partial charge in [0, 0.05) is 41.5 Å². The minimum Gasteiger partial charge on any atom is -0.377 e. The number of rotatable bonds is 9. The number of nitrogens with one attached hydrogen (secondary N) is 1. The quantitative estimate of drug-likeness (QED) is 0.315. The number of hydrogen-bond acceptors (Lipinski definition) is 2. The van der Waals surface area contributed by atoms with Crippen LogP contribution < -0.4 is 5.32 Å². The second-order valence-corrected chi connectivity index (χ2v) is 9.19. The van der Waals surface area contributed by atoms with E-state index in [4.69, 9.17) is 27.9 Å². The summed E-state index contributed by atoms with van der Waals surface area (Å²) < 4.78 is 7.35. The molecule has 0 fully saturated rings. The Hall–Kier alpha value is -1.78. The highest BCUT2D eigenvalue weighted by Crippen LogP contribution is 2.42. The van der Waals surface area contributed by atoms with Gasteiger partial charge in [0.25, 0.3) is 0 Å². The first-order valence-electron chi connectivity index (χ1n) is 13.6. The molecule has 2 unspecified atom stereocenters. The smallest absolute Gasteiger partial charge is 0.0752 e. The second-order valence-electron chi connectivity index (χ2n) is 8.35. The molecule has 0 aliphatic heterocycles. The molecular formula is C32H50Cl2N2O. The van der Waals surface area contributed by atoms with Gasteiger partial charge in [0.2, 0.25) is 0 Å². The molecule has 3 rings (SSSR count). The molecular weight excluding hydrogens is 499 g/mol. The van der Waals surface area contributed by atoms with E-state index in [1.165, 1.54) is 28.1 Å². The van der Waals surface area contributed by atoms with Crippen molar-refractivity contribution in [3.05, 3.63) is 87.7 Å². The van der Waals surface area contributed by atoms with Gasteiger partial charge in [-0.05, 0) is 87.5 Å². The van der Waals surface area contributed by atoms with Gasteiger partial charge in [-0.25, -0.2) is 0 Å². The fraction of sp³-hybridized carbons (Fsp3) is 0.500. The summed E-state index contributed by atoms with van der Waals surface area (Å²) >= 11 is 12.7. The second kappa shape index (κ2) is 20.2. The molecule has 1 aromatic heterocycles. The van der Waals surface area contributed by atoms with Crippen LogP contribution in [0, 0.1) is 6.92 Å². The zero-order valence-electron chi connectivity index (χ0n) is 24.5. The van der Waals surface area contributed by atoms with E-state index in [1.54, 1.807) is 7.11 Å². The highest BCUT2D eigenvalue weighted by Gasteiger charge is 2.27. The number of aromatic nitrogens is 1. The Morgan fingerprint density at radius 1 is 1.19 bits per heavy atom. The number of benzene rings is 1. The lowest BCUT2D eigenvalue weighted by molar-refractivity contribution is 0.135. The molecule has 0 saturated heterocycles. The van der Waals surface area contributed by atoms with E-state index in [9.17, 15) is 0 Å². The minimum absolute atomic E-state index is 0.197. The summed E-state index contributed by atoms with van der Waals surface area (Å²) in [6.45, 7) is 18.4. The molecule has 2 atom stereocenters. The normalized spacial score (nSPS) is 14.4. The Labute approximate surface area is 237 Å². The maximum atomic E-state index is 6.56. The van der Waals surface area contributed by atoms with Crippen LogP contribution in [0.4, 0.5) is 0 Å². The SMILES string of the molecule is C=CCCC(C=C)OC.CC.CC.CNCCc1c2c(n(C)c1C)C=CCCC2c1ccc(Cl)cc1Cl. The van der Waals surface area contributed by atoms with Crippen molar-refractivity contribution >= 4 is 29.3 Å². The Bertz CT molecular complexity index is 962. The highest BCUT2D eigenvalue weighted by molar-refractivity contribution is 6.35. The van der Waals surface area contributed by atoms with Gasteiger partial charge < -0.3 is 14.6 Å². The zero-order valence-corrected chi connectivity index (χ0v) is 26.0. The number of nitrogens with zero attached hydrogens (tertiary/aromatic N) is 1. The van der Waals surface area contributed by atoms with E-state index in [-0.39, 0.29) is 6.10 Å². The van der Waals surface area contributed by atoms with E-state index < -0.39 is 0 Å². The molecule has 1 aromatic carbocycles. The third-order valence-electron chi connectivity index (χ3n) is 6.33. The summed E-state index contributed by atoms with van der Waals surface area (Å²) in [7, 11) is 5.85. The van der Waals surface area contributed by atoms with Crippen LogP contribution in [-0.2, 0) is 18.2 Å². The van der Waals surface area contributed by atoms with Gasteiger partial charge in [0.15, 0.2) is 0 Å². The van der Waals surface area contributed by atoms with Crippen molar-refractivity contribution in [2.75, 3.05) is 20.7 Å². The summed E-state index contributed by atoms with van der Waals surface area (Å²) in [5, 5.41) is 4.73. The van der Waals surface area contributed by atoms with E-state index in [0.717, 1.165) is 43.7 Å². The summed E-state index contributed by atoms with van der Waals surface area (Å²) in [6.07, 6.45) is 13.6. The van der Waals surface area contributed by atoms with Crippen LogP contribution in [0.2, 0.25) is 10.0 Å². The molecule has 0 spiro atoms. The third-order valence-corrected chi connectivity index (χ3v) is 6.89. The molecule has 0 saturated carbocycles. The van der Waals surface area contributed by atoms with Crippen molar-refractivity contribution in [1.29, 1.82) is 0 Å². The molecule has 5 heteroatoms. The van der Waals surface area contributed by atoms with E-state index >= 15 is 0 Å². The van der Waals surface area contributed by atoms with Gasteiger partial charge in [0.05, 0.1) is 6.10 Å². The summed E-state index contributed by atoms with van der Waals surface area (Å²) in [5.74, 6) is 0.312. The molecule has 0 bridgehead atoms. The van der Waals surface area contributed by atoms with E-state index in [1.807, 2.05) is 59.0 Å². The molecule has 1 aliphatic rings. The predicted octanol–water partition coefficient (Wildman–Crippen LogP) is 9.55. The van der Waals surface area contributed by atoms with Crippen molar-refractivity contribution in [1.82, 2.24) is 9.88 Å². The monoisotopic (exact) mass is 548 g/mol. The Morgan fingerprint density at radius 2 is 1.86 bits per heavy atom. The molecule has 208 valence electrons. The minimum atomic E-state index is 0.197. The highest BCUT2D eigenvalue weighted by atomic mass is 35.5. The molecule has 0 amide bonds. The average Bonchev–Trinajstić information content (AvgIpc) is 3.05. The molecule has 0 radical (unpaired) electrons. The number of methoxy groups -OCH3 is 1. The molecule has 37 heavy (non-hydrogen) atoms. The summed E-state index contributed by atoms with van der Waals surface area (Å²) in [6, 6.07) is 5.90. The topological polar surface area (TPSA) is 26.2 Å². The van der Waals surface area contributed by atoms with E-state index in [2.05, 4.69) is 55.2 Å². The molecule has 1 heterocycles. The van der Waals surface area contributed by atoms with Crippen LogP contribution in [0.25, 0.3) is 6.08 Å². The van der Waals surface area contributed by atoms with Crippen LogP contribution in [0.5, 0.6) is 0 Å². The predicted molar refractivity (Wildman–Crippen MR) is 167 cm³/mol. The first-order chi connectivity index (χ1) is 17.9. The van der Waals surface area contributed by atoms with Gasteiger partial charge in [-0.3, -0.25) is 0 Å². The lowest BCUT2D eigenvalue weighted by Crippen LogP contribution is -2.13. The first-order valence-corrected chi connectivity index (χ1v) is 14.3. The molecule has 1 aliphatic carbocycles. The van der Waals surface area contributed by atoms with Gasteiger partial charge in [-0.2, -0.15) is 0 Å². The zero-order chi connectivity index (χ0) is 28.4. The van der Waals surface area contributed by atoms with Crippen LogP contribution in [-0.4, -0.2) is 31.4 Å². The van der Waals surface area contributed by atoms with Gasteiger partial charge in [-0.15, -0.1) is 13.2 Å². The molecule has 3 nitrogen and oxygen atoms in total. The lowest BCUT2D eigenvalue weighted by atomic mass is 9.85. The number of hydrogen-bond donors (Lipinski definition) is 1. The van der Waals surface area contributed by atoms with Gasteiger partial charge in [0.1, 0.15) is 0 Å². The van der Waals surface area contributed by atoms with E-state index in [0.29, 0.717) is 10.9 Å². The fourth-order valence-electron chi connectivity index (χ4n) is 4.38. The summed E-state index contributed by atoms with van der Waals surface area (Å²) in [4.78, 5) is 0. The van der Waals surface area contributed by atoms with Gasteiger partial charge in [-0.1, -0.05) is 75.2 Å². The molecule has 1 N–H and O–H groups in total. The Balaban J connectivity index is 0.000000843. The molecule has 2 aromatic rings. The number of ether oxygens (including phenoxy) is 1. The standard InChI is InChI=1S/C20H24Cl2N2.C8H14O.2C2H6/c1-13-15(10-11-23-2)20-17(6-4-5-7-19(20)24(13)3)16-9-8-14(21)12-18(16)22;1-4-6-7-8(5-2)9-3;2*1-2/h5,7-9,12,17,23H,4,6,10-11H2,1-3H3;4-5,8H,1-2,6-7H2,3H3;2*1-2H3. The third kappa shape index (κ3) is 10.5. The maximum absolute atomic E-state index is 6.56. The van der Waals surface area contributed by atoms with Crippen molar-refractivity contribution in [3.8, 4) is 0 Å².